The molecule has 4 heteroatoms. The third-order valence-electron chi connectivity index (χ3n) is 4.34. The van der Waals surface area contributed by atoms with Crippen molar-refractivity contribution in [2.75, 3.05) is 19.8 Å². The summed E-state index contributed by atoms with van der Waals surface area (Å²) in [6, 6.07) is 9.77. The van der Waals surface area contributed by atoms with Gasteiger partial charge in [-0.15, -0.1) is 0 Å². The van der Waals surface area contributed by atoms with E-state index >= 15 is 0 Å². The lowest BCUT2D eigenvalue weighted by Gasteiger charge is -2.22. The lowest BCUT2D eigenvalue weighted by Crippen LogP contribution is -2.36. The molecule has 3 atom stereocenters. The van der Waals surface area contributed by atoms with E-state index in [9.17, 15) is 4.79 Å². The van der Waals surface area contributed by atoms with Crippen LogP contribution >= 0.6 is 0 Å². The Balaban J connectivity index is 1.62. The molecule has 3 rings (SSSR count). The van der Waals surface area contributed by atoms with Crippen molar-refractivity contribution in [3.05, 3.63) is 35.9 Å². The fourth-order valence-electron chi connectivity index (χ4n) is 3.08. The maximum atomic E-state index is 12.6. The predicted octanol–water partition coefficient (Wildman–Crippen LogP) is 1.93. The van der Waals surface area contributed by atoms with E-state index in [4.69, 9.17) is 4.74 Å². The summed E-state index contributed by atoms with van der Waals surface area (Å²) < 4.78 is 5.40. The minimum atomic E-state index is -0.189. The molecule has 1 aromatic carbocycles. The molecule has 0 bridgehead atoms. The number of hydrogen-bond acceptors (Lipinski definition) is 3. The molecule has 2 saturated heterocycles. The number of rotatable bonds is 4. The SMILES string of the molecule is CC1NC(c2ccccc2)C(=O)N1CCC1CCOC1. The van der Waals surface area contributed by atoms with Crippen molar-refractivity contribution in [1.29, 1.82) is 0 Å². The van der Waals surface area contributed by atoms with Crippen LogP contribution in [0.15, 0.2) is 30.3 Å². The summed E-state index contributed by atoms with van der Waals surface area (Å²) in [7, 11) is 0. The highest BCUT2D eigenvalue weighted by Gasteiger charge is 2.37. The lowest BCUT2D eigenvalue weighted by molar-refractivity contribution is -0.130. The van der Waals surface area contributed by atoms with Gasteiger partial charge in [-0.25, -0.2) is 0 Å². The van der Waals surface area contributed by atoms with E-state index in [1.54, 1.807) is 0 Å². The molecule has 0 saturated carbocycles. The fraction of sp³-hybridized carbons (Fsp3) is 0.562. The van der Waals surface area contributed by atoms with Crippen molar-refractivity contribution >= 4 is 5.91 Å². The standard InChI is InChI=1S/C16H22N2O2/c1-12-17-15(14-5-3-2-4-6-14)16(19)18(12)9-7-13-8-10-20-11-13/h2-6,12-13,15,17H,7-11H2,1H3. The van der Waals surface area contributed by atoms with Crippen molar-refractivity contribution in [1.82, 2.24) is 10.2 Å². The monoisotopic (exact) mass is 274 g/mol. The van der Waals surface area contributed by atoms with Crippen LogP contribution in [-0.4, -0.2) is 36.7 Å². The number of hydrogen-bond donors (Lipinski definition) is 1. The molecule has 4 nitrogen and oxygen atoms in total. The quantitative estimate of drug-likeness (QED) is 0.912. The molecule has 1 aromatic rings. The van der Waals surface area contributed by atoms with E-state index < -0.39 is 0 Å². The van der Waals surface area contributed by atoms with E-state index in [0.29, 0.717) is 5.92 Å². The van der Waals surface area contributed by atoms with Gasteiger partial charge in [-0.05, 0) is 31.2 Å². The number of carbonyl (C=O) groups excluding carboxylic acids is 1. The summed E-state index contributed by atoms with van der Waals surface area (Å²) in [5.41, 5.74) is 1.05. The average Bonchev–Trinajstić information content (AvgIpc) is 3.07. The zero-order chi connectivity index (χ0) is 13.9. The minimum Gasteiger partial charge on any atom is -0.381 e. The van der Waals surface area contributed by atoms with Crippen LogP contribution < -0.4 is 5.32 Å². The predicted molar refractivity (Wildman–Crippen MR) is 77.0 cm³/mol. The van der Waals surface area contributed by atoms with Crippen LogP contribution in [0.4, 0.5) is 0 Å². The number of benzene rings is 1. The van der Waals surface area contributed by atoms with Gasteiger partial charge in [-0.2, -0.15) is 0 Å². The first-order chi connectivity index (χ1) is 9.75. The molecular formula is C16H22N2O2. The highest BCUT2D eigenvalue weighted by molar-refractivity contribution is 5.85. The van der Waals surface area contributed by atoms with Gasteiger partial charge in [0.1, 0.15) is 6.04 Å². The maximum absolute atomic E-state index is 12.6. The molecule has 1 N–H and O–H groups in total. The van der Waals surface area contributed by atoms with Gasteiger partial charge in [0.2, 0.25) is 5.91 Å². The van der Waals surface area contributed by atoms with E-state index in [1.807, 2.05) is 35.2 Å². The largest absolute Gasteiger partial charge is 0.381 e. The molecule has 0 radical (unpaired) electrons. The van der Waals surface area contributed by atoms with E-state index in [1.165, 1.54) is 0 Å². The molecule has 2 aliphatic heterocycles. The molecule has 20 heavy (non-hydrogen) atoms. The Labute approximate surface area is 120 Å². The van der Waals surface area contributed by atoms with Gasteiger partial charge in [0, 0.05) is 19.8 Å². The molecule has 1 amide bonds. The molecule has 0 aliphatic carbocycles. The Morgan fingerprint density at radius 2 is 2.15 bits per heavy atom. The van der Waals surface area contributed by atoms with Crippen LogP contribution in [0.25, 0.3) is 0 Å². The third-order valence-corrected chi connectivity index (χ3v) is 4.34. The summed E-state index contributed by atoms with van der Waals surface area (Å²) in [6.07, 6.45) is 2.28. The van der Waals surface area contributed by atoms with Gasteiger partial charge in [0.25, 0.3) is 0 Å². The number of amides is 1. The number of ether oxygens (including phenoxy) is 1. The van der Waals surface area contributed by atoms with Crippen LogP contribution in [0.2, 0.25) is 0 Å². The van der Waals surface area contributed by atoms with Crippen molar-refractivity contribution in [3.8, 4) is 0 Å². The smallest absolute Gasteiger partial charge is 0.245 e. The summed E-state index contributed by atoms with van der Waals surface area (Å²) in [5.74, 6) is 0.813. The Bertz CT molecular complexity index is 457. The van der Waals surface area contributed by atoms with Gasteiger partial charge in [0.15, 0.2) is 0 Å². The topological polar surface area (TPSA) is 41.6 Å². The summed E-state index contributed by atoms with van der Waals surface area (Å²) in [5, 5.41) is 3.39. The van der Waals surface area contributed by atoms with E-state index in [2.05, 4.69) is 12.2 Å². The van der Waals surface area contributed by atoms with Crippen LogP contribution in [0.3, 0.4) is 0 Å². The van der Waals surface area contributed by atoms with Gasteiger partial charge in [-0.3, -0.25) is 10.1 Å². The Hall–Kier alpha value is -1.39. The zero-order valence-electron chi connectivity index (χ0n) is 11.9. The van der Waals surface area contributed by atoms with E-state index in [-0.39, 0.29) is 18.1 Å². The van der Waals surface area contributed by atoms with Crippen molar-refractivity contribution in [3.63, 3.8) is 0 Å². The van der Waals surface area contributed by atoms with Crippen molar-refractivity contribution in [2.24, 2.45) is 5.92 Å². The first kappa shape index (κ1) is 13.6. The first-order valence-electron chi connectivity index (χ1n) is 7.45. The average molecular weight is 274 g/mol. The molecule has 0 aromatic heterocycles. The van der Waals surface area contributed by atoms with Crippen LogP contribution in [-0.2, 0) is 9.53 Å². The number of nitrogens with zero attached hydrogens (tertiary/aromatic N) is 1. The van der Waals surface area contributed by atoms with Gasteiger partial charge in [0.05, 0.1) is 6.17 Å². The van der Waals surface area contributed by atoms with Crippen LogP contribution in [0.5, 0.6) is 0 Å². The van der Waals surface area contributed by atoms with Crippen LogP contribution in [0, 0.1) is 5.92 Å². The zero-order valence-corrected chi connectivity index (χ0v) is 11.9. The molecule has 3 unspecified atom stereocenters. The second kappa shape index (κ2) is 5.94. The van der Waals surface area contributed by atoms with Crippen LogP contribution in [0.1, 0.15) is 31.4 Å². The number of nitrogens with one attached hydrogen (secondary N) is 1. The molecule has 2 aliphatic rings. The normalized spacial score (nSPS) is 30.1. The second-order valence-corrected chi connectivity index (χ2v) is 5.74. The molecule has 2 fully saturated rings. The first-order valence-corrected chi connectivity index (χ1v) is 7.45. The Kier molecular flexibility index (Phi) is 4.03. The van der Waals surface area contributed by atoms with Gasteiger partial charge >= 0.3 is 0 Å². The highest BCUT2D eigenvalue weighted by atomic mass is 16.5. The number of carbonyl (C=O) groups is 1. The summed E-state index contributed by atoms with van der Waals surface area (Å²) in [4.78, 5) is 14.5. The molecule has 108 valence electrons. The second-order valence-electron chi connectivity index (χ2n) is 5.74. The summed E-state index contributed by atoms with van der Waals surface area (Å²) >= 11 is 0. The summed E-state index contributed by atoms with van der Waals surface area (Å²) in [6.45, 7) is 4.61. The van der Waals surface area contributed by atoms with Gasteiger partial charge in [-0.1, -0.05) is 30.3 Å². The fourth-order valence-corrected chi connectivity index (χ4v) is 3.08. The minimum absolute atomic E-state index is 0.107. The third kappa shape index (κ3) is 2.72. The Morgan fingerprint density at radius 3 is 2.85 bits per heavy atom. The molecular weight excluding hydrogens is 252 g/mol. The Morgan fingerprint density at radius 1 is 1.35 bits per heavy atom. The van der Waals surface area contributed by atoms with Gasteiger partial charge < -0.3 is 9.64 Å². The van der Waals surface area contributed by atoms with Crippen molar-refractivity contribution in [2.45, 2.75) is 32.0 Å². The molecule has 0 spiro atoms. The van der Waals surface area contributed by atoms with E-state index in [0.717, 1.165) is 38.2 Å². The maximum Gasteiger partial charge on any atom is 0.245 e. The molecule has 2 heterocycles. The van der Waals surface area contributed by atoms with Crippen molar-refractivity contribution < 1.29 is 9.53 Å². The highest BCUT2D eigenvalue weighted by Crippen LogP contribution is 2.25. The lowest BCUT2D eigenvalue weighted by atomic mass is 10.0.